The van der Waals surface area contributed by atoms with Crippen molar-refractivity contribution in [1.82, 2.24) is 9.55 Å². The summed E-state index contributed by atoms with van der Waals surface area (Å²) in [5.74, 6) is 0.600. The van der Waals surface area contributed by atoms with Gasteiger partial charge in [-0.15, -0.1) is 0 Å². The Balaban J connectivity index is 0.993. The number of benzene rings is 9. The van der Waals surface area contributed by atoms with E-state index in [9.17, 15) is 0 Å². The van der Waals surface area contributed by atoms with Gasteiger partial charge in [-0.25, -0.2) is 4.98 Å². The average molecular weight is 770 g/mol. The highest BCUT2D eigenvalue weighted by molar-refractivity contribution is 6.18. The first kappa shape index (κ1) is 33.9. The van der Waals surface area contributed by atoms with Crippen LogP contribution in [0, 0.1) is 0 Å². The smallest absolute Gasteiger partial charge is 0.227 e. The highest BCUT2D eigenvalue weighted by atomic mass is 16.4. The SMILES string of the molecule is c1ccc(-c2cccc(N(c3ccc(-c4ccc5c(c4)oc4ccc6nc(-c7ccccc7)oc6c45)cc3)c3cccc4c3c3ccccc3n4-c3ccccc3)c2)cc1. The van der Waals surface area contributed by atoms with Crippen LogP contribution in [0.25, 0.3) is 94.2 Å². The second kappa shape index (κ2) is 13.8. The highest BCUT2D eigenvalue weighted by Gasteiger charge is 2.22. The van der Waals surface area contributed by atoms with E-state index >= 15 is 0 Å². The summed E-state index contributed by atoms with van der Waals surface area (Å²) in [5, 5.41) is 4.33. The number of fused-ring (bicyclic) bond motifs is 8. The summed E-state index contributed by atoms with van der Waals surface area (Å²) in [5.41, 5.74) is 15.2. The van der Waals surface area contributed by atoms with Gasteiger partial charge < -0.3 is 18.3 Å². The molecule has 0 aliphatic rings. The van der Waals surface area contributed by atoms with Crippen molar-refractivity contribution in [3.05, 3.63) is 212 Å². The van der Waals surface area contributed by atoms with Crippen molar-refractivity contribution < 1.29 is 8.83 Å². The molecular formula is C55H35N3O2. The number of rotatable bonds is 7. The predicted octanol–water partition coefficient (Wildman–Crippen LogP) is 15.3. The first-order valence-corrected chi connectivity index (χ1v) is 20.2. The third kappa shape index (κ3) is 5.52. The zero-order valence-corrected chi connectivity index (χ0v) is 32.4. The minimum Gasteiger partial charge on any atom is -0.456 e. The highest BCUT2D eigenvalue weighted by Crippen LogP contribution is 2.45. The zero-order valence-electron chi connectivity index (χ0n) is 32.4. The maximum absolute atomic E-state index is 6.47. The van der Waals surface area contributed by atoms with Crippen LogP contribution in [-0.4, -0.2) is 9.55 Å². The largest absolute Gasteiger partial charge is 0.456 e. The van der Waals surface area contributed by atoms with Crippen molar-refractivity contribution in [2.45, 2.75) is 0 Å². The number of anilines is 3. The van der Waals surface area contributed by atoms with Gasteiger partial charge in [-0.05, 0) is 113 Å². The molecule has 0 aliphatic heterocycles. The van der Waals surface area contributed by atoms with E-state index in [2.05, 4.69) is 179 Å². The van der Waals surface area contributed by atoms with Gasteiger partial charge in [0.05, 0.1) is 22.1 Å². The van der Waals surface area contributed by atoms with Gasteiger partial charge in [0.1, 0.15) is 16.7 Å². The quantitative estimate of drug-likeness (QED) is 0.162. The summed E-state index contributed by atoms with van der Waals surface area (Å²) in [6.07, 6.45) is 0. The Kier molecular flexibility index (Phi) is 7.78. The second-order valence-electron chi connectivity index (χ2n) is 15.1. The first-order valence-electron chi connectivity index (χ1n) is 20.2. The van der Waals surface area contributed by atoms with Gasteiger partial charge in [0.15, 0.2) is 5.58 Å². The number of para-hydroxylation sites is 2. The monoisotopic (exact) mass is 769 g/mol. The van der Waals surface area contributed by atoms with Crippen LogP contribution in [0.4, 0.5) is 17.1 Å². The number of oxazole rings is 1. The van der Waals surface area contributed by atoms with Gasteiger partial charge in [0, 0.05) is 38.8 Å². The van der Waals surface area contributed by atoms with Crippen LogP contribution in [0.15, 0.2) is 221 Å². The van der Waals surface area contributed by atoms with Gasteiger partial charge >= 0.3 is 0 Å². The van der Waals surface area contributed by atoms with Gasteiger partial charge in [0.2, 0.25) is 5.89 Å². The molecule has 3 aromatic heterocycles. The molecule has 60 heavy (non-hydrogen) atoms. The summed E-state index contributed by atoms with van der Waals surface area (Å²) < 4.78 is 15.2. The second-order valence-corrected chi connectivity index (χ2v) is 15.1. The first-order chi connectivity index (χ1) is 29.7. The lowest BCUT2D eigenvalue weighted by Gasteiger charge is -2.27. The Morgan fingerprint density at radius 3 is 1.87 bits per heavy atom. The molecule has 0 N–H and O–H groups in total. The molecule has 0 unspecified atom stereocenters. The maximum Gasteiger partial charge on any atom is 0.227 e. The molecule has 0 saturated carbocycles. The Hall–Kier alpha value is -8.15. The lowest BCUT2D eigenvalue weighted by atomic mass is 10.0. The van der Waals surface area contributed by atoms with Gasteiger partial charge in [0.25, 0.3) is 0 Å². The van der Waals surface area contributed by atoms with Crippen molar-refractivity contribution in [1.29, 1.82) is 0 Å². The Labute approximate surface area is 345 Å². The van der Waals surface area contributed by atoms with Crippen LogP contribution in [0.1, 0.15) is 0 Å². The van der Waals surface area contributed by atoms with Crippen LogP contribution in [-0.2, 0) is 0 Å². The minimum atomic E-state index is 0.600. The molecule has 12 aromatic rings. The molecule has 0 bridgehead atoms. The molecule has 12 rings (SSSR count). The van der Waals surface area contributed by atoms with E-state index in [1.165, 1.54) is 21.9 Å². The van der Waals surface area contributed by atoms with Crippen LogP contribution >= 0.6 is 0 Å². The van der Waals surface area contributed by atoms with Gasteiger partial charge in [-0.2, -0.15) is 0 Å². The summed E-state index contributed by atoms with van der Waals surface area (Å²) in [7, 11) is 0. The van der Waals surface area contributed by atoms with Crippen molar-refractivity contribution in [2.24, 2.45) is 0 Å². The molecule has 0 saturated heterocycles. The lowest BCUT2D eigenvalue weighted by Crippen LogP contribution is -2.10. The molecule has 0 radical (unpaired) electrons. The number of hydrogen-bond donors (Lipinski definition) is 0. The molecule has 0 aliphatic carbocycles. The van der Waals surface area contributed by atoms with Gasteiger partial charge in [-0.3, -0.25) is 0 Å². The average Bonchev–Trinajstić information content (AvgIpc) is 4.02. The fourth-order valence-corrected chi connectivity index (χ4v) is 8.86. The number of nitrogens with zero attached hydrogens (tertiary/aromatic N) is 3. The summed E-state index contributed by atoms with van der Waals surface area (Å²) in [6.45, 7) is 0. The molecule has 0 spiro atoms. The molecule has 3 heterocycles. The zero-order chi connectivity index (χ0) is 39.6. The van der Waals surface area contributed by atoms with Gasteiger partial charge in [-0.1, -0.05) is 121 Å². The topological polar surface area (TPSA) is 47.3 Å². The van der Waals surface area contributed by atoms with E-state index in [0.717, 1.165) is 83.6 Å². The van der Waals surface area contributed by atoms with Crippen LogP contribution in [0.2, 0.25) is 0 Å². The number of hydrogen-bond acceptors (Lipinski definition) is 4. The summed E-state index contributed by atoms with van der Waals surface area (Å²) in [4.78, 5) is 7.20. The van der Waals surface area contributed by atoms with Crippen LogP contribution < -0.4 is 4.90 Å². The molecule has 0 atom stereocenters. The predicted molar refractivity (Wildman–Crippen MR) is 247 cm³/mol. The van der Waals surface area contributed by atoms with E-state index in [0.29, 0.717) is 5.89 Å². The molecule has 9 aromatic carbocycles. The Morgan fingerprint density at radius 1 is 0.400 bits per heavy atom. The molecule has 0 amide bonds. The normalized spacial score (nSPS) is 11.7. The Bertz CT molecular complexity index is 3530. The van der Waals surface area contributed by atoms with E-state index in [1.54, 1.807) is 0 Å². The van der Waals surface area contributed by atoms with Crippen LogP contribution in [0.5, 0.6) is 0 Å². The third-order valence-electron chi connectivity index (χ3n) is 11.6. The standard InChI is InChI=1S/C55H35N3O2/c1-4-14-36(15-5-1)39-18-12-21-43(34-39)57(48-24-13-25-49-52(48)44-22-10-11-23-47(44)58(49)41-19-8-3-9-20-41)42-29-26-37(27-30-42)40-28-31-45-51(35-40)59-50-33-32-46-54(53(45)50)60-55(56-46)38-16-6-2-7-17-38/h1-35H. The molecule has 5 nitrogen and oxygen atoms in total. The Morgan fingerprint density at radius 2 is 1.05 bits per heavy atom. The van der Waals surface area contributed by atoms with Crippen molar-refractivity contribution in [2.75, 3.05) is 4.90 Å². The fraction of sp³-hybridized carbons (Fsp3) is 0. The van der Waals surface area contributed by atoms with E-state index < -0.39 is 0 Å². The lowest BCUT2D eigenvalue weighted by molar-refractivity contribution is 0.622. The van der Waals surface area contributed by atoms with Crippen molar-refractivity contribution in [3.63, 3.8) is 0 Å². The van der Waals surface area contributed by atoms with Crippen molar-refractivity contribution >= 4 is 71.9 Å². The summed E-state index contributed by atoms with van der Waals surface area (Å²) >= 11 is 0. The summed E-state index contributed by atoms with van der Waals surface area (Å²) in [6, 6.07) is 74.7. The van der Waals surface area contributed by atoms with Crippen molar-refractivity contribution in [3.8, 4) is 39.4 Å². The van der Waals surface area contributed by atoms with E-state index in [4.69, 9.17) is 13.8 Å². The number of furan rings is 1. The molecule has 5 heteroatoms. The third-order valence-corrected chi connectivity index (χ3v) is 11.6. The molecular weight excluding hydrogens is 735 g/mol. The maximum atomic E-state index is 6.47. The van der Waals surface area contributed by atoms with E-state index in [1.807, 2.05) is 42.5 Å². The number of aromatic nitrogens is 2. The molecule has 282 valence electrons. The molecule has 0 fully saturated rings. The fourth-order valence-electron chi connectivity index (χ4n) is 8.86. The minimum absolute atomic E-state index is 0.600. The van der Waals surface area contributed by atoms with E-state index in [-0.39, 0.29) is 0 Å². The van der Waals surface area contributed by atoms with Crippen LogP contribution in [0.3, 0.4) is 0 Å².